The van der Waals surface area contributed by atoms with Crippen molar-refractivity contribution < 1.29 is 22.4 Å². The molecule has 0 aliphatic rings. The Morgan fingerprint density at radius 2 is 1.81 bits per heavy atom. The third-order valence-electron chi connectivity index (χ3n) is 7.19. The van der Waals surface area contributed by atoms with Gasteiger partial charge in [-0.3, -0.25) is 14.2 Å². The zero-order chi connectivity index (χ0) is 30.3. The number of nitrogens with zero attached hydrogens (tertiary/aromatic N) is 3. The SMILES string of the molecule is COc1cc(Cn2nc(-c3cccc(OCC(C)C)c3)c3c(C)nc(C)cc32)ccc1-c1c(S(=O)(=O)O)sc(C)c1C. The highest BCUT2D eigenvalue weighted by molar-refractivity contribution is 7.88. The number of rotatable bonds is 9. The summed E-state index contributed by atoms with van der Waals surface area (Å²) >= 11 is 1.06. The lowest BCUT2D eigenvalue weighted by molar-refractivity contribution is 0.271. The molecule has 3 aromatic heterocycles. The molecule has 0 aliphatic heterocycles. The fraction of sp³-hybridized carbons (Fsp3) is 0.312. The highest BCUT2D eigenvalue weighted by atomic mass is 32.3. The van der Waals surface area contributed by atoms with Crippen molar-refractivity contribution in [3.8, 4) is 33.9 Å². The number of hydrogen-bond acceptors (Lipinski definition) is 7. The molecule has 10 heteroatoms. The Morgan fingerprint density at radius 3 is 2.50 bits per heavy atom. The minimum atomic E-state index is -4.40. The quantitative estimate of drug-likeness (QED) is 0.175. The van der Waals surface area contributed by atoms with Crippen LogP contribution in [0.5, 0.6) is 11.5 Å². The van der Waals surface area contributed by atoms with E-state index < -0.39 is 10.1 Å². The highest BCUT2D eigenvalue weighted by Gasteiger charge is 2.26. The fourth-order valence-electron chi connectivity index (χ4n) is 5.15. The van der Waals surface area contributed by atoms with E-state index >= 15 is 0 Å². The molecular formula is C32H35N3O5S2. The van der Waals surface area contributed by atoms with Crippen LogP contribution in [-0.2, 0) is 16.7 Å². The first-order chi connectivity index (χ1) is 19.9. The van der Waals surface area contributed by atoms with Crippen LogP contribution in [0.25, 0.3) is 33.3 Å². The fourth-order valence-corrected chi connectivity index (χ4v) is 7.37. The second-order valence-electron chi connectivity index (χ2n) is 10.9. The van der Waals surface area contributed by atoms with E-state index in [4.69, 9.17) is 19.6 Å². The van der Waals surface area contributed by atoms with Crippen molar-refractivity contribution in [3.63, 3.8) is 0 Å². The van der Waals surface area contributed by atoms with E-state index in [9.17, 15) is 13.0 Å². The normalized spacial score (nSPS) is 11.9. The van der Waals surface area contributed by atoms with Crippen LogP contribution in [0.15, 0.2) is 52.7 Å². The Labute approximate surface area is 250 Å². The Hall–Kier alpha value is -3.73. The van der Waals surface area contributed by atoms with Gasteiger partial charge in [0.25, 0.3) is 0 Å². The number of hydrogen-bond donors (Lipinski definition) is 1. The van der Waals surface area contributed by atoms with Gasteiger partial charge >= 0.3 is 10.1 Å². The van der Waals surface area contributed by atoms with E-state index in [2.05, 4.69) is 13.8 Å². The summed E-state index contributed by atoms with van der Waals surface area (Å²) in [5, 5.41) is 6.04. The molecule has 0 spiro atoms. The molecular weight excluding hydrogens is 571 g/mol. The van der Waals surface area contributed by atoms with Crippen LogP contribution in [-0.4, -0.2) is 41.5 Å². The van der Waals surface area contributed by atoms with Gasteiger partial charge < -0.3 is 9.47 Å². The summed E-state index contributed by atoms with van der Waals surface area (Å²) < 4.78 is 47.9. The van der Waals surface area contributed by atoms with Crippen LogP contribution in [0.1, 0.15) is 41.2 Å². The Kier molecular flexibility index (Phi) is 8.15. The summed E-state index contributed by atoms with van der Waals surface area (Å²) in [6.45, 7) is 13.0. The largest absolute Gasteiger partial charge is 0.496 e. The molecule has 1 N–H and O–H groups in total. The maximum absolute atomic E-state index is 12.2. The highest BCUT2D eigenvalue weighted by Crippen LogP contribution is 2.43. The third-order valence-corrected chi connectivity index (χ3v) is 9.75. The third kappa shape index (κ3) is 5.79. The lowest BCUT2D eigenvalue weighted by Crippen LogP contribution is -2.04. The zero-order valence-electron chi connectivity index (χ0n) is 24.8. The van der Waals surface area contributed by atoms with E-state index in [1.165, 1.54) is 0 Å². The van der Waals surface area contributed by atoms with E-state index in [1.807, 2.05) is 80.9 Å². The molecule has 0 amide bonds. The van der Waals surface area contributed by atoms with Crippen molar-refractivity contribution in [2.75, 3.05) is 13.7 Å². The summed E-state index contributed by atoms with van der Waals surface area (Å²) in [5.74, 6) is 1.72. The van der Waals surface area contributed by atoms with Gasteiger partial charge in [-0.2, -0.15) is 13.5 Å². The van der Waals surface area contributed by atoms with E-state index in [0.29, 0.717) is 35.9 Å². The molecule has 0 aliphatic carbocycles. The first-order valence-electron chi connectivity index (χ1n) is 13.7. The minimum absolute atomic E-state index is 0.0793. The maximum atomic E-state index is 12.2. The molecule has 0 saturated carbocycles. The average molecular weight is 606 g/mol. The van der Waals surface area contributed by atoms with Crippen LogP contribution in [0, 0.1) is 33.6 Å². The van der Waals surface area contributed by atoms with Gasteiger partial charge in [0.2, 0.25) is 0 Å². The number of aromatic nitrogens is 3. The maximum Gasteiger partial charge on any atom is 0.304 e. The van der Waals surface area contributed by atoms with Crippen molar-refractivity contribution in [2.45, 2.75) is 52.3 Å². The van der Waals surface area contributed by atoms with Crippen LogP contribution in [0.3, 0.4) is 0 Å². The van der Waals surface area contributed by atoms with Gasteiger partial charge in [0, 0.05) is 38.3 Å². The van der Waals surface area contributed by atoms with Crippen molar-refractivity contribution in [2.24, 2.45) is 5.92 Å². The molecule has 0 atom stereocenters. The monoisotopic (exact) mass is 605 g/mol. The van der Waals surface area contributed by atoms with Crippen molar-refractivity contribution in [1.82, 2.24) is 14.8 Å². The molecule has 3 heterocycles. The molecule has 0 saturated heterocycles. The topological polar surface area (TPSA) is 104 Å². The predicted molar refractivity (Wildman–Crippen MR) is 167 cm³/mol. The standard InChI is InChI=1S/C32H35N3O5S2/c1-18(2)17-40-25-10-8-9-24(15-25)31-30-21(5)33-19(3)13-27(30)35(34-31)16-23-11-12-26(28(14-23)39-7)29-20(4)22(6)41-32(29)42(36,37)38/h8-15,18H,16-17H2,1-7H3,(H,36,37,38). The number of methoxy groups -OCH3 is 1. The second kappa shape index (κ2) is 11.5. The summed E-state index contributed by atoms with van der Waals surface area (Å²) in [4.78, 5) is 5.54. The van der Waals surface area contributed by atoms with Crippen molar-refractivity contribution in [3.05, 3.63) is 75.9 Å². The summed E-state index contributed by atoms with van der Waals surface area (Å²) in [6, 6.07) is 15.7. The van der Waals surface area contributed by atoms with Gasteiger partial charge in [0.05, 0.1) is 25.8 Å². The molecule has 42 heavy (non-hydrogen) atoms. The molecule has 5 aromatic rings. The van der Waals surface area contributed by atoms with E-state index in [-0.39, 0.29) is 4.21 Å². The Morgan fingerprint density at radius 1 is 1.05 bits per heavy atom. The molecule has 2 aromatic carbocycles. The molecule has 0 fully saturated rings. The molecule has 5 rings (SSSR count). The molecule has 8 nitrogen and oxygen atoms in total. The van der Waals surface area contributed by atoms with E-state index in [0.717, 1.165) is 66.6 Å². The van der Waals surface area contributed by atoms with Gasteiger partial charge in [0.15, 0.2) is 4.21 Å². The number of pyridine rings is 1. The van der Waals surface area contributed by atoms with Crippen molar-refractivity contribution in [1.29, 1.82) is 0 Å². The van der Waals surface area contributed by atoms with Crippen molar-refractivity contribution >= 4 is 32.4 Å². The number of aryl methyl sites for hydroxylation is 3. The van der Waals surface area contributed by atoms with E-state index in [1.54, 1.807) is 7.11 Å². The van der Waals surface area contributed by atoms with Gasteiger partial charge in [-0.15, -0.1) is 11.3 Å². The van der Waals surface area contributed by atoms with Gasteiger partial charge in [-0.25, -0.2) is 0 Å². The summed E-state index contributed by atoms with van der Waals surface area (Å²) in [7, 11) is -2.85. The molecule has 0 unspecified atom stereocenters. The Balaban J connectivity index is 1.59. The number of ether oxygens (including phenoxy) is 2. The van der Waals surface area contributed by atoms with Crippen LogP contribution >= 0.6 is 11.3 Å². The molecule has 0 bridgehead atoms. The first-order valence-corrected chi connectivity index (χ1v) is 16.0. The summed E-state index contributed by atoms with van der Waals surface area (Å²) in [6.07, 6.45) is 0. The number of thiophene rings is 1. The van der Waals surface area contributed by atoms with Gasteiger partial charge in [-0.05, 0) is 69.0 Å². The first kappa shape index (κ1) is 29.8. The minimum Gasteiger partial charge on any atom is -0.496 e. The number of fused-ring (bicyclic) bond motifs is 1. The second-order valence-corrected chi connectivity index (χ2v) is 13.8. The Bertz CT molecular complexity index is 1910. The average Bonchev–Trinajstić information content (AvgIpc) is 3.44. The zero-order valence-corrected chi connectivity index (χ0v) is 26.5. The van der Waals surface area contributed by atoms with Crippen LogP contribution in [0.2, 0.25) is 0 Å². The van der Waals surface area contributed by atoms with Gasteiger partial charge in [0.1, 0.15) is 17.2 Å². The van der Waals surface area contributed by atoms with Gasteiger partial charge in [-0.1, -0.05) is 38.1 Å². The molecule has 0 radical (unpaired) electrons. The van der Waals surface area contributed by atoms with Crippen LogP contribution < -0.4 is 9.47 Å². The summed E-state index contributed by atoms with van der Waals surface area (Å²) in [5.41, 5.74) is 7.32. The predicted octanol–water partition coefficient (Wildman–Crippen LogP) is 7.40. The van der Waals surface area contributed by atoms with Crippen LogP contribution in [0.4, 0.5) is 0 Å². The molecule has 220 valence electrons. The smallest absolute Gasteiger partial charge is 0.304 e. The number of benzene rings is 2. The lowest BCUT2D eigenvalue weighted by Gasteiger charge is -2.13. The lowest BCUT2D eigenvalue weighted by atomic mass is 10.0.